The predicted octanol–water partition coefficient (Wildman–Crippen LogP) is 1.05. The molecule has 2 atom stereocenters. The maximum atomic E-state index is 12.8. The van der Waals surface area contributed by atoms with Gasteiger partial charge in [-0.3, -0.25) is 19.6 Å². The topological polar surface area (TPSA) is 138 Å². The van der Waals surface area contributed by atoms with Crippen molar-refractivity contribution in [1.29, 1.82) is 5.26 Å². The van der Waals surface area contributed by atoms with Gasteiger partial charge in [-0.2, -0.15) is 5.26 Å². The minimum absolute atomic E-state index is 0.199. The number of hydrogen-bond acceptors (Lipinski definition) is 7. The lowest BCUT2D eigenvalue weighted by Crippen LogP contribution is -2.45. The Morgan fingerprint density at radius 3 is 3.00 bits per heavy atom. The van der Waals surface area contributed by atoms with Crippen molar-refractivity contribution in [3.8, 4) is 6.07 Å². The molecule has 0 aromatic carbocycles. The number of amides is 2. The largest absolute Gasteiger partial charge is 0.368 e. The third-order valence-corrected chi connectivity index (χ3v) is 4.96. The van der Waals surface area contributed by atoms with Crippen LogP contribution in [0.1, 0.15) is 39.9 Å². The molecule has 0 saturated carbocycles. The maximum absolute atomic E-state index is 12.8. The number of likely N-dealkylation sites (tertiary alicyclic amines) is 1. The van der Waals surface area contributed by atoms with Crippen molar-refractivity contribution in [3.05, 3.63) is 47.7 Å². The van der Waals surface area contributed by atoms with Gasteiger partial charge in [0.05, 0.1) is 12.4 Å². The van der Waals surface area contributed by atoms with E-state index in [-0.39, 0.29) is 28.8 Å². The average molecular weight is 379 g/mol. The van der Waals surface area contributed by atoms with Gasteiger partial charge in [-0.05, 0) is 30.4 Å². The molecule has 144 valence electrons. The van der Waals surface area contributed by atoms with Crippen LogP contribution < -0.4 is 11.1 Å². The summed E-state index contributed by atoms with van der Waals surface area (Å²) in [5, 5.41) is 12.1. The summed E-state index contributed by atoms with van der Waals surface area (Å²) < 4.78 is 0. The summed E-state index contributed by atoms with van der Waals surface area (Å²) in [6.07, 6.45) is 5.25. The SMILES string of the molecule is CC1CCN(C(=O)c2cc(C(N)=O)ccn2)CC1CNc1cncc(C#N)n1. The zero-order chi connectivity index (χ0) is 20.1. The van der Waals surface area contributed by atoms with Crippen LogP contribution in [0.25, 0.3) is 0 Å². The smallest absolute Gasteiger partial charge is 0.272 e. The van der Waals surface area contributed by atoms with E-state index in [4.69, 9.17) is 11.0 Å². The highest BCUT2D eigenvalue weighted by Crippen LogP contribution is 2.24. The molecule has 1 saturated heterocycles. The monoisotopic (exact) mass is 379 g/mol. The highest BCUT2D eigenvalue weighted by Gasteiger charge is 2.30. The van der Waals surface area contributed by atoms with Crippen LogP contribution in [0, 0.1) is 23.2 Å². The molecule has 28 heavy (non-hydrogen) atoms. The standard InChI is InChI=1S/C19H21N7O2/c1-12-3-5-26(19(28)16-6-13(18(21)27)2-4-23-16)11-14(12)8-24-17-10-22-9-15(7-20)25-17/h2,4,6,9-10,12,14H,3,5,8,11H2,1H3,(H2,21,27)(H,24,25). The number of nitriles is 1. The van der Waals surface area contributed by atoms with Gasteiger partial charge in [0.25, 0.3) is 5.91 Å². The van der Waals surface area contributed by atoms with Crippen molar-refractivity contribution in [2.75, 3.05) is 25.0 Å². The Balaban J connectivity index is 1.66. The van der Waals surface area contributed by atoms with Crippen molar-refractivity contribution < 1.29 is 9.59 Å². The number of nitrogens with one attached hydrogen (secondary N) is 1. The van der Waals surface area contributed by atoms with Crippen LogP contribution in [0.15, 0.2) is 30.7 Å². The molecular weight excluding hydrogens is 358 g/mol. The molecule has 9 heteroatoms. The summed E-state index contributed by atoms with van der Waals surface area (Å²) in [6.45, 7) is 3.93. The Morgan fingerprint density at radius 2 is 2.25 bits per heavy atom. The van der Waals surface area contributed by atoms with Crippen molar-refractivity contribution in [2.45, 2.75) is 13.3 Å². The predicted molar refractivity (Wildman–Crippen MR) is 101 cm³/mol. The van der Waals surface area contributed by atoms with Gasteiger partial charge in [0.2, 0.25) is 5.91 Å². The van der Waals surface area contributed by atoms with E-state index in [0.717, 1.165) is 6.42 Å². The Morgan fingerprint density at radius 1 is 1.43 bits per heavy atom. The number of primary amides is 1. The third kappa shape index (κ3) is 4.40. The van der Waals surface area contributed by atoms with Gasteiger partial charge in [-0.25, -0.2) is 4.98 Å². The number of aromatic nitrogens is 3. The second kappa shape index (κ2) is 8.43. The molecule has 0 spiro atoms. The number of nitrogens with two attached hydrogens (primary N) is 1. The third-order valence-electron chi connectivity index (χ3n) is 4.96. The molecule has 1 aliphatic rings. The second-order valence-corrected chi connectivity index (χ2v) is 6.85. The number of rotatable bonds is 5. The Hall–Kier alpha value is -3.54. The normalized spacial score (nSPS) is 18.9. The highest BCUT2D eigenvalue weighted by atomic mass is 16.2. The number of anilines is 1. The molecule has 0 bridgehead atoms. The summed E-state index contributed by atoms with van der Waals surface area (Å²) in [6, 6.07) is 4.88. The fourth-order valence-electron chi connectivity index (χ4n) is 3.20. The molecule has 3 heterocycles. The first-order valence-electron chi connectivity index (χ1n) is 8.99. The summed E-state index contributed by atoms with van der Waals surface area (Å²) >= 11 is 0. The summed E-state index contributed by atoms with van der Waals surface area (Å²) in [5.41, 5.74) is 6.01. The average Bonchev–Trinajstić information content (AvgIpc) is 2.73. The molecule has 0 aliphatic carbocycles. The van der Waals surface area contributed by atoms with Crippen LogP contribution in [0.3, 0.4) is 0 Å². The first-order chi connectivity index (χ1) is 13.5. The van der Waals surface area contributed by atoms with Crippen molar-refractivity contribution in [1.82, 2.24) is 19.9 Å². The molecule has 9 nitrogen and oxygen atoms in total. The van der Waals surface area contributed by atoms with Crippen molar-refractivity contribution in [3.63, 3.8) is 0 Å². The Labute approximate surface area is 162 Å². The van der Waals surface area contributed by atoms with E-state index < -0.39 is 5.91 Å². The molecule has 2 unspecified atom stereocenters. The lowest BCUT2D eigenvalue weighted by atomic mass is 9.86. The van der Waals surface area contributed by atoms with Crippen LogP contribution in [0.2, 0.25) is 0 Å². The lowest BCUT2D eigenvalue weighted by Gasteiger charge is -2.37. The number of pyridine rings is 1. The zero-order valence-electron chi connectivity index (χ0n) is 15.5. The van der Waals surface area contributed by atoms with Gasteiger partial charge in [0.1, 0.15) is 17.6 Å². The molecule has 3 rings (SSSR count). The number of carbonyl (C=O) groups excluding carboxylic acids is 2. The van der Waals surface area contributed by atoms with Crippen molar-refractivity contribution in [2.24, 2.45) is 17.6 Å². The quantitative estimate of drug-likeness (QED) is 0.792. The molecule has 2 amide bonds. The second-order valence-electron chi connectivity index (χ2n) is 6.85. The molecule has 2 aromatic heterocycles. The van der Waals surface area contributed by atoms with E-state index in [1.54, 1.807) is 11.1 Å². The van der Waals surface area contributed by atoms with E-state index in [0.29, 0.717) is 31.4 Å². The summed E-state index contributed by atoms with van der Waals surface area (Å²) in [5.74, 6) is 0.335. The van der Waals surface area contributed by atoms with E-state index in [1.807, 2.05) is 6.07 Å². The molecule has 2 aromatic rings. The molecule has 1 fully saturated rings. The van der Waals surface area contributed by atoms with Crippen LogP contribution >= 0.6 is 0 Å². The van der Waals surface area contributed by atoms with Crippen LogP contribution in [-0.4, -0.2) is 51.3 Å². The number of nitrogens with zero attached hydrogens (tertiary/aromatic N) is 5. The van der Waals surface area contributed by atoms with Gasteiger partial charge in [0, 0.05) is 31.4 Å². The van der Waals surface area contributed by atoms with Gasteiger partial charge >= 0.3 is 0 Å². The van der Waals surface area contributed by atoms with Crippen molar-refractivity contribution >= 4 is 17.6 Å². The van der Waals surface area contributed by atoms with Gasteiger partial charge in [0.15, 0.2) is 5.69 Å². The van der Waals surface area contributed by atoms with E-state index in [9.17, 15) is 9.59 Å². The fourth-order valence-corrected chi connectivity index (χ4v) is 3.20. The highest BCUT2D eigenvalue weighted by molar-refractivity contribution is 5.97. The lowest BCUT2D eigenvalue weighted by molar-refractivity contribution is 0.0616. The van der Waals surface area contributed by atoms with Gasteiger partial charge in [-0.15, -0.1) is 0 Å². The van der Waals surface area contributed by atoms with E-state index in [1.165, 1.54) is 24.5 Å². The molecule has 0 radical (unpaired) electrons. The minimum atomic E-state index is -0.591. The molecule has 3 N–H and O–H groups in total. The first-order valence-corrected chi connectivity index (χ1v) is 8.99. The maximum Gasteiger partial charge on any atom is 0.272 e. The summed E-state index contributed by atoms with van der Waals surface area (Å²) in [4.78, 5) is 38.1. The molecular formula is C19H21N7O2. The van der Waals surface area contributed by atoms with E-state index >= 15 is 0 Å². The van der Waals surface area contributed by atoms with Crippen LogP contribution in [0.4, 0.5) is 5.82 Å². The molecule has 1 aliphatic heterocycles. The zero-order valence-corrected chi connectivity index (χ0v) is 15.5. The van der Waals surface area contributed by atoms with Crippen LogP contribution in [-0.2, 0) is 0 Å². The number of carbonyl (C=O) groups is 2. The summed E-state index contributed by atoms with van der Waals surface area (Å²) in [7, 11) is 0. The fraction of sp³-hybridized carbons (Fsp3) is 0.368. The van der Waals surface area contributed by atoms with Gasteiger partial charge in [-0.1, -0.05) is 6.92 Å². The van der Waals surface area contributed by atoms with Gasteiger partial charge < -0.3 is 16.0 Å². The minimum Gasteiger partial charge on any atom is -0.368 e. The Kier molecular flexibility index (Phi) is 5.79. The Bertz CT molecular complexity index is 924. The van der Waals surface area contributed by atoms with E-state index in [2.05, 4.69) is 27.2 Å². The number of piperidine rings is 1. The van der Waals surface area contributed by atoms with Crippen LogP contribution in [0.5, 0.6) is 0 Å². The first kappa shape index (κ1) is 19.2. The number of hydrogen-bond donors (Lipinski definition) is 2.